The van der Waals surface area contributed by atoms with Crippen molar-refractivity contribution >= 4 is 23.6 Å². The third kappa shape index (κ3) is 2.62. The van der Waals surface area contributed by atoms with Crippen molar-refractivity contribution in [2.24, 2.45) is 0 Å². The molecular formula is C17H12FN5O2S. The second-order valence-corrected chi connectivity index (χ2v) is 6.45. The topological polar surface area (TPSA) is 94.1 Å². The molecular weight excluding hydrogens is 357 g/mol. The van der Waals surface area contributed by atoms with Crippen LogP contribution in [-0.2, 0) is 0 Å². The number of amides is 2. The van der Waals surface area contributed by atoms with Crippen LogP contribution in [0.5, 0.6) is 0 Å². The van der Waals surface area contributed by atoms with Crippen molar-refractivity contribution in [3.63, 3.8) is 0 Å². The molecule has 0 saturated carbocycles. The predicted molar refractivity (Wildman–Crippen MR) is 93.2 cm³/mol. The highest BCUT2D eigenvalue weighted by Gasteiger charge is 2.35. The van der Waals surface area contributed by atoms with Gasteiger partial charge in [0.2, 0.25) is 5.16 Å². The number of hydrogen-bond donors (Lipinski definition) is 1. The number of rotatable bonds is 4. The van der Waals surface area contributed by atoms with Crippen LogP contribution in [0, 0.1) is 5.82 Å². The summed E-state index contributed by atoms with van der Waals surface area (Å²) in [6.07, 6.45) is 0. The molecule has 0 spiro atoms. The van der Waals surface area contributed by atoms with Crippen LogP contribution in [0.25, 0.3) is 11.4 Å². The number of imide groups is 1. The fourth-order valence-electron chi connectivity index (χ4n) is 2.65. The van der Waals surface area contributed by atoms with Gasteiger partial charge in [-0.25, -0.2) is 9.07 Å². The summed E-state index contributed by atoms with van der Waals surface area (Å²) in [5, 5.41) is 8.31. The first-order valence-corrected chi connectivity index (χ1v) is 8.59. The third-order valence-corrected chi connectivity index (χ3v) is 4.89. The molecule has 3 aromatic rings. The lowest BCUT2D eigenvalue weighted by atomic mass is 10.1. The summed E-state index contributed by atoms with van der Waals surface area (Å²) in [6.45, 7) is 0. The number of nitrogens with two attached hydrogens (primary N) is 1. The van der Waals surface area contributed by atoms with Crippen LogP contribution in [0.15, 0.2) is 53.7 Å². The summed E-state index contributed by atoms with van der Waals surface area (Å²) in [4.78, 5) is 25.8. The zero-order valence-corrected chi connectivity index (χ0v) is 14.1. The second kappa shape index (κ2) is 6.26. The maximum Gasteiger partial charge on any atom is 0.262 e. The summed E-state index contributed by atoms with van der Waals surface area (Å²) in [5.41, 5.74) is 1.38. The zero-order valence-electron chi connectivity index (χ0n) is 13.3. The van der Waals surface area contributed by atoms with Gasteiger partial charge < -0.3 is 5.84 Å². The summed E-state index contributed by atoms with van der Waals surface area (Å²) in [7, 11) is 0. The molecule has 0 atom stereocenters. The number of halogens is 1. The van der Waals surface area contributed by atoms with E-state index in [4.69, 9.17) is 5.84 Å². The van der Waals surface area contributed by atoms with Gasteiger partial charge in [-0.1, -0.05) is 23.9 Å². The van der Waals surface area contributed by atoms with E-state index >= 15 is 0 Å². The van der Waals surface area contributed by atoms with Gasteiger partial charge in [0.15, 0.2) is 5.82 Å². The molecule has 2 amide bonds. The molecule has 0 aliphatic carbocycles. The summed E-state index contributed by atoms with van der Waals surface area (Å²) >= 11 is 1.12. The minimum Gasteiger partial charge on any atom is -0.335 e. The monoisotopic (exact) mass is 369 g/mol. The standard InChI is InChI=1S/C17H12FN5O2S/c18-11-7-5-10(6-8-11)14-20-21-17(23(14)19)26-9-22-15(24)12-3-1-2-4-13(12)16(22)25/h1-8H,9,19H2. The van der Waals surface area contributed by atoms with Gasteiger partial charge in [-0.2, -0.15) is 0 Å². The Morgan fingerprint density at radius 1 is 0.962 bits per heavy atom. The second-order valence-electron chi connectivity index (χ2n) is 5.54. The maximum absolute atomic E-state index is 13.0. The van der Waals surface area contributed by atoms with Crippen molar-refractivity contribution in [3.05, 3.63) is 65.5 Å². The van der Waals surface area contributed by atoms with E-state index in [0.717, 1.165) is 16.7 Å². The molecule has 0 bridgehead atoms. The largest absolute Gasteiger partial charge is 0.335 e. The summed E-state index contributed by atoms with van der Waals surface area (Å²) < 4.78 is 14.3. The van der Waals surface area contributed by atoms with E-state index < -0.39 is 0 Å². The Labute approximate surface area is 151 Å². The fourth-order valence-corrected chi connectivity index (χ4v) is 3.45. The Morgan fingerprint density at radius 2 is 1.58 bits per heavy atom. The summed E-state index contributed by atoms with van der Waals surface area (Å²) in [6, 6.07) is 12.4. The molecule has 2 aromatic carbocycles. The molecule has 1 aliphatic heterocycles. The molecule has 0 unspecified atom stereocenters. The molecule has 2 N–H and O–H groups in total. The van der Waals surface area contributed by atoms with E-state index in [1.54, 1.807) is 36.4 Å². The third-order valence-electron chi connectivity index (χ3n) is 3.97. The van der Waals surface area contributed by atoms with Gasteiger partial charge in [-0.05, 0) is 36.4 Å². The lowest BCUT2D eigenvalue weighted by molar-refractivity contribution is 0.0684. The fraction of sp³-hybridized carbons (Fsp3) is 0.0588. The Bertz CT molecular complexity index is 983. The van der Waals surface area contributed by atoms with Crippen LogP contribution < -0.4 is 5.84 Å². The average molecular weight is 369 g/mol. The van der Waals surface area contributed by atoms with E-state index in [1.807, 2.05) is 0 Å². The molecule has 0 fully saturated rings. The van der Waals surface area contributed by atoms with Crippen molar-refractivity contribution in [1.82, 2.24) is 19.8 Å². The molecule has 0 saturated heterocycles. The van der Waals surface area contributed by atoms with Gasteiger partial charge in [-0.3, -0.25) is 14.5 Å². The van der Waals surface area contributed by atoms with Gasteiger partial charge in [0, 0.05) is 5.56 Å². The Morgan fingerprint density at radius 3 is 2.19 bits per heavy atom. The maximum atomic E-state index is 13.0. The number of thioether (sulfide) groups is 1. The zero-order chi connectivity index (χ0) is 18.3. The number of fused-ring (bicyclic) bond motifs is 1. The first kappa shape index (κ1) is 16.3. The molecule has 26 heavy (non-hydrogen) atoms. The smallest absolute Gasteiger partial charge is 0.262 e. The Kier molecular flexibility index (Phi) is 3.92. The van der Waals surface area contributed by atoms with Crippen molar-refractivity contribution < 1.29 is 14.0 Å². The minimum absolute atomic E-state index is 0.0606. The van der Waals surface area contributed by atoms with E-state index in [0.29, 0.717) is 27.7 Å². The average Bonchev–Trinajstić information content (AvgIpc) is 3.13. The van der Waals surface area contributed by atoms with Gasteiger partial charge in [0.25, 0.3) is 11.8 Å². The van der Waals surface area contributed by atoms with Crippen molar-refractivity contribution in [2.45, 2.75) is 5.16 Å². The summed E-state index contributed by atoms with van der Waals surface area (Å²) in [5.74, 6) is 5.36. The number of carbonyl (C=O) groups is 2. The van der Waals surface area contributed by atoms with Crippen LogP contribution in [0.4, 0.5) is 4.39 Å². The van der Waals surface area contributed by atoms with E-state index in [-0.39, 0.29) is 23.5 Å². The van der Waals surface area contributed by atoms with Crippen LogP contribution in [-0.4, -0.2) is 37.5 Å². The first-order chi connectivity index (χ1) is 12.6. The Balaban J connectivity index is 1.52. The van der Waals surface area contributed by atoms with Gasteiger partial charge in [-0.15, -0.1) is 10.2 Å². The lowest BCUT2D eigenvalue weighted by Gasteiger charge is -2.12. The van der Waals surface area contributed by atoms with E-state index in [9.17, 15) is 14.0 Å². The number of hydrogen-bond acceptors (Lipinski definition) is 6. The molecule has 1 aliphatic rings. The molecule has 1 aromatic heterocycles. The highest BCUT2D eigenvalue weighted by Crippen LogP contribution is 2.27. The highest BCUT2D eigenvalue weighted by molar-refractivity contribution is 7.99. The first-order valence-electron chi connectivity index (χ1n) is 7.60. The van der Waals surface area contributed by atoms with Crippen LogP contribution in [0.2, 0.25) is 0 Å². The Hall–Kier alpha value is -3.20. The molecule has 2 heterocycles. The molecule has 9 heteroatoms. The molecule has 4 rings (SSSR count). The van der Waals surface area contributed by atoms with Gasteiger partial charge in [0.05, 0.1) is 17.0 Å². The SMILES string of the molecule is Nn1c(SCN2C(=O)c3ccccc3C2=O)nnc1-c1ccc(F)cc1. The molecule has 0 radical (unpaired) electrons. The highest BCUT2D eigenvalue weighted by atomic mass is 32.2. The quantitative estimate of drug-likeness (QED) is 0.430. The molecule has 130 valence electrons. The predicted octanol–water partition coefficient (Wildman–Crippen LogP) is 2.14. The van der Waals surface area contributed by atoms with Crippen LogP contribution in [0.3, 0.4) is 0 Å². The number of carbonyl (C=O) groups excluding carboxylic acids is 2. The van der Waals surface area contributed by atoms with E-state index in [1.165, 1.54) is 16.8 Å². The van der Waals surface area contributed by atoms with Gasteiger partial charge >= 0.3 is 0 Å². The number of nitrogens with zero attached hydrogens (tertiary/aromatic N) is 4. The number of benzene rings is 2. The number of nitrogen functional groups attached to an aromatic ring is 1. The minimum atomic E-state index is -0.364. The van der Waals surface area contributed by atoms with Gasteiger partial charge in [0.1, 0.15) is 5.82 Å². The van der Waals surface area contributed by atoms with Crippen LogP contribution in [0.1, 0.15) is 20.7 Å². The lowest BCUT2D eigenvalue weighted by Crippen LogP contribution is -2.29. The van der Waals surface area contributed by atoms with Crippen molar-refractivity contribution in [1.29, 1.82) is 0 Å². The van der Waals surface area contributed by atoms with Crippen molar-refractivity contribution in [2.75, 3.05) is 11.7 Å². The van der Waals surface area contributed by atoms with E-state index in [2.05, 4.69) is 10.2 Å². The molecule has 7 nitrogen and oxygen atoms in total. The normalized spacial score (nSPS) is 13.3. The van der Waals surface area contributed by atoms with Crippen LogP contribution >= 0.6 is 11.8 Å². The number of aromatic nitrogens is 3. The van der Waals surface area contributed by atoms with Crippen molar-refractivity contribution in [3.8, 4) is 11.4 Å².